The Bertz CT molecular complexity index is 518. The summed E-state index contributed by atoms with van der Waals surface area (Å²) >= 11 is 0. The largest absolute Gasteiger partial charge is 0.504 e. The van der Waals surface area contributed by atoms with Crippen LogP contribution in [0.15, 0.2) is 18.2 Å². The number of nitrogens with zero attached hydrogens (tertiary/aromatic N) is 1. The molecule has 0 atom stereocenters. The Hall–Kier alpha value is -1.64. The Morgan fingerprint density at radius 2 is 2.00 bits per heavy atom. The molecule has 19 heavy (non-hydrogen) atoms. The summed E-state index contributed by atoms with van der Waals surface area (Å²) in [6, 6.07) is 3.75. The van der Waals surface area contributed by atoms with Crippen molar-refractivity contribution in [2.24, 2.45) is 0 Å². The Balaban J connectivity index is 2.62. The molecule has 1 aromatic carbocycles. The van der Waals surface area contributed by atoms with E-state index in [9.17, 15) is 5.11 Å². The van der Waals surface area contributed by atoms with Gasteiger partial charge in [0.2, 0.25) is 0 Å². The van der Waals surface area contributed by atoms with Crippen LogP contribution < -0.4 is 9.64 Å². The number of fused-ring (bicyclic) bond motifs is 1. The molecule has 3 nitrogen and oxygen atoms in total. The fourth-order valence-electron chi connectivity index (χ4n) is 2.89. The second kappa shape index (κ2) is 4.80. The first-order valence-corrected chi connectivity index (χ1v) is 6.79. The highest BCUT2D eigenvalue weighted by Gasteiger charge is 2.31. The van der Waals surface area contributed by atoms with Gasteiger partial charge in [-0.25, -0.2) is 0 Å². The Morgan fingerprint density at radius 1 is 1.32 bits per heavy atom. The molecule has 1 aliphatic rings. The molecule has 0 spiro atoms. The van der Waals surface area contributed by atoms with Gasteiger partial charge in [0.25, 0.3) is 0 Å². The molecule has 1 N–H and O–H groups in total. The van der Waals surface area contributed by atoms with Gasteiger partial charge < -0.3 is 14.7 Å². The van der Waals surface area contributed by atoms with Crippen molar-refractivity contribution in [2.45, 2.75) is 39.7 Å². The van der Waals surface area contributed by atoms with Crippen molar-refractivity contribution in [3.8, 4) is 11.5 Å². The lowest BCUT2D eigenvalue weighted by molar-refractivity contribution is 0.373. The molecule has 3 heteroatoms. The minimum absolute atomic E-state index is 0.0336. The Kier molecular flexibility index (Phi) is 3.48. The van der Waals surface area contributed by atoms with E-state index in [1.807, 2.05) is 12.1 Å². The van der Waals surface area contributed by atoms with Crippen molar-refractivity contribution < 1.29 is 9.84 Å². The summed E-state index contributed by atoms with van der Waals surface area (Å²) < 4.78 is 5.21. The second-order valence-electron chi connectivity index (χ2n) is 5.67. The summed E-state index contributed by atoms with van der Waals surface area (Å²) in [5.41, 5.74) is 3.42. The smallest absolute Gasteiger partial charge is 0.161 e. The molecule has 104 valence electrons. The van der Waals surface area contributed by atoms with E-state index in [1.165, 1.54) is 5.57 Å². The molecule has 1 aliphatic heterocycles. The summed E-state index contributed by atoms with van der Waals surface area (Å²) in [6.45, 7) is 9.66. The number of methoxy groups -OCH3 is 1. The van der Waals surface area contributed by atoms with Crippen molar-refractivity contribution in [3.05, 3.63) is 23.8 Å². The summed E-state index contributed by atoms with van der Waals surface area (Å²) in [5.74, 6) is 0.732. The molecule has 1 aromatic rings. The van der Waals surface area contributed by atoms with Crippen LogP contribution in [0, 0.1) is 0 Å². The number of hydrogen-bond donors (Lipinski definition) is 1. The molecule has 0 saturated heterocycles. The molecule has 0 aliphatic carbocycles. The number of aromatic hydroxyl groups is 1. The zero-order valence-electron chi connectivity index (χ0n) is 12.4. The molecular formula is C16H23NO2. The van der Waals surface area contributed by atoms with Gasteiger partial charge in [0.15, 0.2) is 11.5 Å². The van der Waals surface area contributed by atoms with Crippen LogP contribution in [0.25, 0.3) is 5.57 Å². The molecule has 0 saturated carbocycles. The first-order valence-electron chi connectivity index (χ1n) is 6.79. The highest BCUT2D eigenvalue weighted by molar-refractivity contribution is 5.83. The molecule has 0 unspecified atom stereocenters. The van der Waals surface area contributed by atoms with Gasteiger partial charge in [0.1, 0.15) is 0 Å². The van der Waals surface area contributed by atoms with Crippen LogP contribution in [0.1, 0.15) is 39.7 Å². The SMILES string of the molecule is CCCN1c2cc(O)c(OC)cc2C(C)=CC1(C)C. The zero-order chi connectivity index (χ0) is 14.2. The maximum atomic E-state index is 10.0. The molecule has 0 amide bonds. The number of benzene rings is 1. The van der Waals surface area contributed by atoms with Gasteiger partial charge in [-0.1, -0.05) is 13.0 Å². The van der Waals surface area contributed by atoms with E-state index in [1.54, 1.807) is 7.11 Å². The van der Waals surface area contributed by atoms with Crippen LogP contribution in [0.3, 0.4) is 0 Å². The fraction of sp³-hybridized carbons (Fsp3) is 0.500. The van der Waals surface area contributed by atoms with E-state index >= 15 is 0 Å². The lowest BCUT2D eigenvalue weighted by Crippen LogP contribution is -2.45. The average Bonchev–Trinajstić information content (AvgIpc) is 2.33. The monoisotopic (exact) mass is 261 g/mol. The minimum Gasteiger partial charge on any atom is -0.504 e. The maximum Gasteiger partial charge on any atom is 0.161 e. The van der Waals surface area contributed by atoms with Crippen molar-refractivity contribution in [1.82, 2.24) is 0 Å². The highest BCUT2D eigenvalue weighted by atomic mass is 16.5. The molecule has 2 rings (SSSR count). The molecule has 1 heterocycles. The van der Waals surface area contributed by atoms with Crippen molar-refractivity contribution >= 4 is 11.3 Å². The van der Waals surface area contributed by atoms with Gasteiger partial charge >= 0.3 is 0 Å². The van der Waals surface area contributed by atoms with Crippen molar-refractivity contribution in [3.63, 3.8) is 0 Å². The van der Waals surface area contributed by atoms with Crippen LogP contribution in [0.4, 0.5) is 5.69 Å². The highest BCUT2D eigenvalue weighted by Crippen LogP contribution is 2.43. The predicted octanol–water partition coefficient (Wildman–Crippen LogP) is 3.81. The van der Waals surface area contributed by atoms with Gasteiger partial charge in [-0.3, -0.25) is 0 Å². The number of phenols is 1. The van der Waals surface area contributed by atoms with Gasteiger partial charge in [0, 0.05) is 23.9 Å². The quantitative estimate of drug-likeness (QED) is 0.898. The van der Waals surface area contributed by atoms with E-state index in [0.29, 0.717) is 5.75 Å². The number of anilines is 1. The van der Waals surface area contributed by atoms with Crippen LogP contribution in [-0.4, -0.2) is 24.3 Å². The third-order valence-corrected chi connectivity index (χ3v) is 3.73. The van der Waals surface area contributed by atoms with Crippen LogP contribution in [0.5, 0.6) is 11.5 Å². The number of allylic oxidation sites excluding steroid dienone is 1. The van der Waals surface area contributed by atoms with E-state index in [2.05, 4.69) is 38.7 Å². The van der Waals surface area contributed by atoms with E-state index < -0.39 is 0 Å². The average molecular weight is 261 g/mol. The number of hydrogen-bond acceptors (Lipinski definition) is 3. The van der Waals surface area contributed by atoms with E-state index in [4.69, 9.17) is 4.74 Å². The second-order valence-corrected chi connectivity index (χ2v) is 5.67. The number of phenolic OH excluding ortho intramolecular Hbond substituents is 1. The lowest BCUT2D eigenvalue weighted by atomic mass is 9.88. The van der Waals surface area contributed by atoms with E-state index in [-0.39, 0.29) is 11.3 Å². The molecule has 0 bridgehead atoms. The predicted molar refractivity (Wildman–Crippen MR) is 80.0 cm³/mol. The summed E-state index contributed by atoms with van der Waals surface area (Å²) in [5, 5.41) is 10.0. The standard InChI is InChI=1S/C16H23NO2/c1-6-7-17-13-9-14(18)15(19-5)8-12(13)11(2)10-16(17,3)4/h8-10,18H,6-7H2,1-5H3. The Morgan fingerprint density at radius 3 is 2.58 bits per heavy atom. The first kappa shape index (κ1) is 13.8. The molecule has 0 aromatic heterocycles. The van der Waals surface area contributed by atoms with Crippen molar-refractivity contribution in [1.29, 1.82) is 0 Å². The van der Waals surface area contributed by atoms with Gasteiger partial charge in [0.05, 0.1) is 12.6 Å². The summed E-state index contributed by atoms with van der Waals surface area (Å²) in [7, 11) is 1.58. The minimum atomic E-state index is -0.0336. The molecule has 0 fully saturated rings. The van der Waals surface area contributed by atoms with Crippen LogP contribution in [0.2, 0.25) is 0 Å². The zero-order valence-corrected chi connectivity index (χ0v) is 12.4. The van der Waals surface area contributed by atoms with Gasteiger partial charge in [-0.2, -0.15) is 0 Å². The van der Waals surface area contributed by atoms with Gasteiger partial charge in [-0.15, -0.1) is 0 Å². The number of ether oxygens (including phenoxy) is 1. The summed E-state index contributed by atoms with van der Waals surface area (Å²) in [6.07, 6.45) is 3.35. The summed E-state index contributed by atoms with van der Waals surface area (Å²) in [4.78, 5) is 2.34. The number of rotatable bonds is 3. The van der Waals surface area contributed by atoms with Gasteiger partial charge in [-0.05, 0) is 38.8 Å². The first-order chi connectivity index (χ1) is 8.90. The van der Waals surface area contributed by atoms with Crippen LogP contribution >= 0.6 is 0 Å². The lowest BCUT2D eigenvalue weighted by Gasteiger charge is -2.43. The molecular weight excluding hydrogens is 238 g/mol. The van der Waals surface area contributed by atoms with Crippen LogP contribution in [-0.2, 0) is 0 Å². The normalized spacial score (nSPS) is 16.9. The Labute approximate surface area is 115 Å². The maximum absolute atomic E-state index is 10.0. The third-order valence-electron chi connectivity index (χ3n) is 3.73. The third kappa shape index (κ3) is 2.29. The van der Waals surface area contributed by atoms with Crippen molar-refractivity contribution in [2.75, 3.05) is 18.6 Å². The fourth-order valence-corrected chi connectivity index (χ4v) is 2.89. The van der Waals surface area contributed by atoms with E-state index in [0.717, 1.165) is 24.2 Å². The molecule has 0 radical (unpaired) electrons. The topological polar surface area (TPSA) is 32.7 Å².